The summed E-state index contributed by atoms with van der Waals surface area (Å²) in [6.45, 7) is 0. The fourth-order valence-corrected chi connectivity index (χ4v) is 3.79. The first-order valence-electron chi connectivity index (χ1n) is 8.07. The van der Waals surface area contributed by atoms with E-state index in [-0.39, 0.29) is 24.4 Å². The Bertz CT molecular complexity index is 694. The summed E-state index contributed by atoms with van der Waals surface area (Å²) in [5.74, 6) is 0.740. The van der Waals surface area contributed by atoms with Crippen molar-refractivity contribution < 1.29 is 4.79 Å². The van der Waals surface area contributed by atoms with Crippen molar-refractivity contribution >= 4 is 35.0 Å². The fraction of sp³-hybridized carbons (Fsp3) is 0.471. The second-order valence-corrected chi connectivity index (χ2v) is 6.36. The second kappa shape index (κ2) is 6.81. The van der Waals surface area contributed by atoms with Crippen LogP contribution < -0.4 is 10.6 Å². The zero-order chi connectivity index (χ0) is 14.9. The van der Waals surface area contributed by atoms with Gasteiger partial charge in [-0.25, -0.2) is 0 Å². The van der Waals surface area contributed by atoms with Crippen LogP contribution in [0, 0.1) is 5.92 Å². The van der Waals surface area contributed by atoms with E-state index in [0.29, 0.717) is 12.0 Å². The molecule has 4 rings (SSSR count). The van der Waals surface area contributed by atoms with Crippen LogP contribution in [-0.2, 0) is 4.79 Å². The zero-order valence-electron chi connectivity index (χ0n) is 12.9. The molecule has 3 atom stereocenters. The van der Waals surface area contributed by atoms with E-state index in [0.717, 1.165) is 23.1 Å². The van der Waals surface area contributed by atoms with Crippen LogP contribution in [0.4, 0.5) is 5.69 Å². The van der Waals surface area contributed by atoms with Gasteiger partial charge in [-0.1, -0.05) is 12.8 Å². The number of amides is 1. The van der Waals surface area contributed by atoms with Crippen LogP contribution in [0.25, 0.3) is 11.0 Å². The fourth-order valence-electron chi connectivity index (χ4n) is 3.79. The van der Waals surface area contributed by atoms with Crippen LogP contribution in [-0.4, -0.2) is 28.0 Å². The van der Waals surface area contributed by atoms with Crippen molar-refractivity contribution in [2.45, 2.75) is 44.2 Å². The first-order valence-corrected chi connectivity index (χ1v) is 8.07. The molecule has 0 spiro atoms. The topological polar surface area (TPSA) is 66.9 Å². The van der Waals surface area contributed by atoms with Crippen molar-refractivity contribution in [1.29, 1.82) is 0 Å². The van der Waals surface area contributed by atoms with Gasteiger partial charge < -0.3 is 10.6 Å². The molecule has 1 aliphatic carbocycles. The normalized spacial score (nSPS) is 26.3. The average molecular weight is 333 g/mol. The van der Waals surface area contributed by atoms with E-state index in [2.05, 4.69) is 20.6 Å². The molecule has 2 aliphatic rings. The standard InChI is InChI=1S/C17H20N4O.ClH/c22-17(16-9-11-3-1-2-4-13(11)21-16)20-12-5-6-14-15(10-12)19-8-7-18-14;/h5-8,10-11,13,16,21H,1-4,9H2,(H,20,22);1H. The van der Waals surface area contributed by atoms with Gasteiger partial charge in [0, 0.05) is 24.1 Å². The van der Waals surface area contributed by atoms with Crippen LogP contribution in [0.15, 0.2) is 30.6 Å². The molecule has 122 valence electrons. The molecule has 2 fully saturated rings. The van der Waals surface area contributed by atoms with Gasteiger partial charge in [-0.2, -0.15) is 0 Å². The lowest BCUT2D eigenvalue weighted by atomic mass is 9.85. The number of carbonyl (C=O) groups is 1. The Morgan fingerprint density at radius 2 is 1.91 bits per heavy atom. The molecule has 2 N–H and O–H groups in total. The maximum atomic E-state index is 12.5. The third kappa shape index (κ3) is 3.31. The summed E-state index contributed by atoms with van der Waals surface area (Å²) in [6.07, 6.45) is 9.35. The molecule has 6 heteroatoms. The van der Waals surface area contributed by atoms with Gasteiger partial charge in [0.15, 0.2) is 0 Å². The largest absolute Gasteiger partial charge is 0.325 e. The van der Waals surface area contributed by atoms with E-state index in [9.17, 15) is 4.79 Å². The Labute approximate surface area is 141 Å². The lowest BCUT2D eigenvalue weighted by molar-refractivity contribution is -0.117. The number of hydrogen-bond acceptors (Lipinski definition) is 4. The van der Waals surface area contributed by atoms with Crippen LogP contribution in [0.2, 0.25) is 0 Å². The molecule has 1 aromatic carbocycles. The molecule has 23 heavy (non-hydrogen) atoms. The minimum absolute atomic E-state index is 0. The lowest BCUT2D eigenvalue weighted by Gasteiger charge is -2.24. The number of hydrogen-bond donors (Lipinski definition) is 2. The molecule has 1 saturated heterocycles. The number of nitrogens with zero attached hydrogens (tertiary/aromatic N) is 2. The zero-order valence-corrected chi connectivity index (χ0v) is 13.7. The summed E-state index contributed by atoms with van der Waals surface area (Å²) < 4.78 is 0. The minimum Gasteiger partial charge on any atom is -0.325 e. The van der Waals surface area contributed by atoms with Gasteiger partial charge in [-0.3, -0.25) is 14.8 Å². The van der Waals surface area contributed by atoms with Crippen LogP contribution >= 0.6 is 12.4 Å². The molecule has 2 aromatic rings. The van der Waals surface area contributed by atoms with Crippen LogP contribution in [0.1, 0.15) is 32.1 Å². The third-order valence-corrected chi connectivity index (χ3v) is 4.92. The summed E-state index contributed by atoms with van der Waals surface area (Å²) in [7, 11) is 0. The molecule has 3 unspecified atom stereocenters. The van der Waals surface area contributed by atoms with Gasteiger partial charge in [-0.05, 0) is 43.4 Å². The maximum Gasteiger partial charge on any atom is 0.241 e. The number of anilines is 1. The van der Waals surface area contributed by atoms with Gasteiger partial charge in [0.2, 0.25) is 5.91 Å². The average Bonchev–Trinajstić information content (AvgIpc) is 2.99. The summed E-state index contributed by atoms with van der Waals surface area (Å²) in [5.41, 5.74) is 2.42. The highest BCUT2D eigenvalue weighted by Crippen LogP contribution is 2.33. The highest BCUT2D eigenvalue weighted by molar-refractivity contribution is 5.96. The Hall–Kier alpha value is -1.72. The SMILES string of the molecule is Cl.O=C(Nc1ccc2nccnc2c1)C1CC2CCCCC2N1. The highest BCUT2D eigenvalue weighted by Gasteiger charge is 2.38. The molecular formula is C17H21ClN4O. The second-order valence-electron chi connectivity index (χ2n) is 6.36. The first kappa shape index (κ1) is 16.1. The van der Waals surface area contributed by atoms with Crippen molar-refractivity contribution in [3.05, 3.63) is 30.6 Å². The number of carbonyl (C=O) groups excluding carboxylic acids is 1. The molecule has 0 radical (unpaired) electrons. The maximum absolute atomic E-state index is 12.5. The Balaban J connectivity index is 0.00000156. The molecule has 2 heterocycles. The predicted molar refractivity (Wildman–Crippen MR) is 92.7 cm³/mol. The van der Waals surface area contributed by atoms with Gasteiger partial charge in [-0.15, -0.1) is 12.4 Å². The number of halogens is 1. The van der Waals surface area contributed by atoms with E-state index >= 15 is 0 Å². The summed E-state index contributed by atoms with van der Waals surface area (Å²) in [6, 6.07) is 6.12. The Morgan fingerprint density at radius 3 is 2.74 bits per heavy atom. The van der Waals surface area contributed by atoms with Gasteiger partial charge >= 0.3 is 0 Å². The Kier molecular flexibility index (Phi) is 4.78. The van der Waals surface area contributed by atoms with E-state index in [1.54, 1.807) is 12.4 Å². The summed E-state index contributed by atoms with van der Waals surface area (Å²) in [5, 5.41) is 6.53. The smallest absolute Gasteiger partial charge is 0.241 e. The number of nitrogens with one attached hydrogen (secondary N) is 2. The van der Waals surface area contributed by atoms with Crippen molar-refractivity contribution in [3.63, 3.8) is 0 Å². The number of benzene rings is 1. The van der Waals surface area contributed by atoms with E-state index in [4.69, 9.17) is 0 Å². The molecular weight excluding hydrogens is 312 g/mol. The van der Waals surface area contributed by atoms with Gasteiger partial charge in [0.1, 0.15) is 0 Å². The van der Waals surface area contributed by atoms with Crippen molar-refractivity contribution in [1.82, 2.24) is 15.3 Å². The minimum atomic E-state index is -0.0642. The summed E-state index contributed by atoms with van der Waals surface area (Å²) >= 11 is 0. The molecule has 1 aromatic heterocycles. The van der Waals surface area contributed by atoms with Crippen LogP contribution in [0.5, 0.6) is 0 Å². The van der Waals surface area contributed by atoms with E-state index in [1.807, 2.05) is 18.2 Å². The summed E-state index contributed by atoms with van der Waals surface area (Å²) in [4.78, 5) is 21.0. The third-order valence-electron chi connectivity index (χ3n) is 4.92. The monoisotopic (exact) mass is 332 g/mol. The number of aromatic nitrogens is 2. The molecule has 5 nitrogen and oxygen atoms in total. The van der Waals surface area contributed by atoms with Crippen LogP contribution in [0.3, 0.4) is 0 Å². The number of fused-ring (bicyclic) bond motifs is 2. The van der Waals surface area contributed by atoms with E-state index < -0.39 is 0 Å². The van der Waals surface area contributed by atoms with Crippen molar-refractivity contribution in [3.8, 4) is 0 Å². The predicted octanol–water partition coefficient (Wildman–Crippen LogP) is 2.91. The van der Waals surface area contributed by atoms with Gasteiger partial charge in [0.25, 0.3) is 0 Å². The molecule has 1 amide bonds. The van der Waals surface area contributed by atoms with Gasteiger partial charge in [0.05, 0.1) is 17.1 Å². The number of rotatable bonds is 2. The van der Waals surface area contributed by atoms with E-state index in [1.165, 1.54) is 25.7 Å². The quantitative estimate of drug-likeness (QED) is 0.887. The van der Waals surface area contributed by atoms with Crippen molar-refractivity contribution in [2.75, 3.05) is 5.32 Å². The lowest BCUT2D eigenvalue weighted by Crippen LogP contribution is -2.39. The molecule has 1 saturated carbocycles. The Morgan fingerprint density at radius 1 is 1.13 bits per heavy atom. The molecule has 1 aliphatic heterocycles. The highest BCUT2D eigenvalue weighted by atomic mass is 35.5. The molecule has 0 bridgehead atoms. The first-order chi connectivity index (χ1) is 10.8. The van der Waals surface area contributed by atoms with Crippen molar-refractivity contribution in [2.24, 2.45) is 5.92 Å².